The standard InChI is InChI=1S/C19H21ClN2O2/c20-15-2-3-17-13(11-15)1-4-18(17)21-16-5-8-22(9-6-16)19(23)14-7-10-24-12-14/h2-3,7,10-12,16,18,21H,1,4-6,8-9H2/t18-/m0/s1. The van der Waals surface area contributed by atoms with Crippen molar-refractivity contribution >= 4 is 17.5 Å². The molecule has 1 atom stereocenters. The molecule has 2 aromatic rings. The Labute approximate surface area is 146 Å². The predicted molar refractivity (Wildman–Crippen MR) is 93.3 cm³/mol. The van der Waals surface area contributed by atoms with E-state index in [1.54, 1.807) is 12.3 Å². The van der Waals surface area contributed by atoms with E-state index in [0.717, 1.165) is 43.8 Å². The fraction of sp³-hybridized carbons (Fsp3) is 0.421. The predicted octanol–water partition coefficient (Wildman–Crippen LogP) is 3.81. The van der Waals surface area contributed by atoms with Gasteiger partial charge in [0.2, 0.25) is 0 Å². The SMILES string of the molecule is O=C(c1ccoc1)N1CCC(N[C@H]2CCc3cc(Cl)ccc32)CC1. The molecule has 0 bridgehead atoms. The molecule has 0 saturated carbocycles. The summed E-state index contributed by atoms with van der Waals surface area (Å²) < 4.78 is 5.01. The van der Waals surface area contributed by atoms with E-state index in [9.17, 15) is 4.79 Å². The van der Waals surface area contributed by atoms with Crippen molar-refractivity contribution in [1.82, 2.24) is 10.2 Å². The zero-order valence-electron chi connectivity index (χ0n) is 13.5. The molecule has 1 aliphatic carbocycles. The van der Waals surface area contributed by atoms with Crippen molar-refractivity contribution in [2.45, 2.75) is 37.8 Å². The molecule has 1 fully saturated rings. The molecule has 4 rings (SSSR count). The molecule has 0 unspecified atom stereocenters. The van der Waals surface area contributed by atoms with E-state index in [0.29, 0.717) is 17.6 Å². The van der Waals surface area contributed by atoms with E-state index in [1.807, 2.05) is 11.0 Å². The lowest BCUT2D eigenvalue weighted by molar-refractivity contribution is 0.0701. The molecule has 126 valence electrons. The highest BCUT2D eigenvalue weighted by atomic mass is 35.5. The van der Waals surface area contributed by atoms with E-state index < -0.39 is 0 Å². The van der Waals surface area contributed by atoms with Gasteiger partial charge >= 0.3 is 0 Å². The Kier molecular flexibility index (Phi) is 4.33. The number of benzene rings is 1. The number of hydrogen-bond acceptors (Lipinski definition) is 3. The van der Waals surface area contributed by atoms with Gasteiger partial charge in [-0.25, -0.2) is 0 Å². The van der Waals surface area contributed by atoms with Crippen molar-refractivity contribution in [3.05, 3.63) is 58.5 Å². The molecule has 0 spiro atoms. The van der Waals surface area contributed by atoms with Crippen LogP contribution in [0.5, 0.6) is 0 Å². The highest BCUT2D eigenvalue weighted by Crippen LogP contribution is 2.33. The fourth-order valence-electron chi connectivity index (χ4n) is 3.86. The molecule has 1 aromatic heterocycles. The number of likely N-dealkylation sites (tertiary alicyclic amines) is 1. The highest BCUT2D eigenvalue weighted by Gasteiger charge is 2.28. The lowest BCUT2D eigenvalue weighted by atomic mass is 10.0. The minimum atomic E-state index is 0.0723. The van der Waals surface area contributed by atoms with Crippen molar-refractivity contribution in [2.24, 2.45) is 0 Å². The van der Waals surface area contributed by atoms with Crippen molar-refractivity contribution < 1.29 is 9.21 Å². The second kappa shape index (κ2) is 6.61. The normalized spacial score (nSPS) is 21.0. The molecule has 1 saturated heterocycles. The third-order valence-electron chi connectivity index (χ3n) is 5.17. The number of nitrogens with one attached hydrogen (secondary N) is 1. The number of aryl methyl sites for hydroxylation is 1. The molecule has 1 amide bonds. The number of carbonyl (C=O) groups is 1. The Bertz CT molecular complexity index is 721. The van der Waals surface area contributed by atoms with Gasteiger partial charge in [0.15, 0.2) is 0 Å². The number of nitrogens with zero attached hydrogens (tertiary/aromatic N) is 1. The molecular formula is C19H21ClN2O2. The van der Waals surface area contributed by atoms with Crippen molar-refractivity contribution in [3.63, 3.8) is 0 Å². The molecule has 4 nitrogen and oxygen atoms in total. The maximum atomic E-state index is 12.3. The molecule has 5 heteroatoms. The first-order chi connectivity index (χ1) is 11.7. The van der Waals surface area contributed by atoms with Gasteiger partial charge in [-0.1, -0.05) is 17.7 Å². The lowest BCUT2D eigenvalue weighted by Crippen LogP contribution is -2.45. The average molecular weight is 345 g/mol. The van der Waals surface area contributed by atoms with Crippen LogP contribution in [0.3, 0.4) is 0 Å². The average Bonchev–Trinajstić information content (AvgIpc) is 3.25. The van der Waals surface area contributed by atoms with Gasteiger partial charge in [-0.15, -0.1) is 0 Å². The Morgan fingerprint density at radius 3 is 2.79 bits per heavy atom. The first kappa shape index (κ1) is 15.7. The summed E-state index contributed by atoms with van der Waals surface area (Å²) in [6, 6.07) is 8.83. The van der Waals surface area contributed by atoms with Gasteiger partial charge in [0.05, 0.1) is 11.8 Å². The van der Waals surface area contributed by atoms with Crippen molar-refractivity contribution in [2.75, 3.05) is 13.1 Å². The molecular weight excluding hydrogens is 324 g/mol. The maximum Gasteiger partial charge on any atom is 0.257 e. The summed E-state index contributed by atoms with van der Waals surface area (Å²) in [6.07, 6.45) is 7.26. The Morgan fingerprint density at radius 1 is 1.21 bits per heavy atom. The Morgan fingerprint density at radius 2 is 2.04 bits per heavy atom. The summed E-state index contributed by atoms with van der Waals surface area (Å²) in [4.78, 5) is 14.3. The molecule has 1 aliphatic heterocycles. The lowest BCUT2D eigenvalue weighted by Gasteiger charge is -2.34. The van der Waals surface area contributed by atoms with Gasteiger partial charge in [0.1, 0.15) is 6.26 Å². The maximum absolute atomic E-state index is 12.3. The van der Waals surface area contributed by atoms with Gasteiger partial charge in [-0.05, 0) is 55.0 Å². The molecule has 24 heavy (non-hydrogen) atoms. The number of halogens is 1. The van der Waals surface area contributed by atoms with Gasteiger partial charge in [0, 0.05) is 30.2 Å². The van der Waals surface area contributed by atoms with Crippen LogP contribution in [-0.4, -0.2) is 29.9 Å². The van der Waals surface area contributed by atoms with Crippen LogP contribution in [0.15, 0.2) is 41.2 Å². The minimum absolute atomic E-state index is 0.0723. The van der Waals surface area contributed by atoms with Crippen molar-refractivity contribution in [3.8, 4) is 0 Å². The van der Waals surface area contributed by atoms with Crippen LogP contribution in [0.1, 0.15) is 46.8 Å². The first-order valence-corrected chi connectivity index (χ1v) is 8.94. The summed E-state index contributed by atoms with van der Waals surface area (Å²) >= 11 is 6.09. The largest absolute Gasteiger partial charge is 0.472 e. The topological polar surface area (TPSA) is 45.5 Å². The molecule has 0 radical (unpaired) electrons. The second-order valence-electron chi connectivity index (χ2n) is 6.68. The van der Waals surface area contributed by atoms with E-state index in [-0.39, 0.29) is 5.91 Å². The van der Waals surface area contributed by atoms with E-state index in [4.69, 9.17) is 16.0 Å². The van der Waals surface area contributed by atoms with Crippen LogP contribution < -0.4 is 5.32 Å². The summed E-state index contributed by atoms with van der Waals surface area (Å²) in [5.41, 5.74) is 3.40. The first-order valence-electron chi connectivity index (χ1n) is 8.56. The minimum Gasteiger partial charge on any atom is -0.472 e. The number of hydrogen-bond donors (Lipinski definition) is 1. The third-order valence-corrected chi connectivity index (χ3v) is 5.41. The summed E-state index contributed by atoms with van der Waals surface area (Å²) in [7, 11) is 0. The van der Waals surface area contributed by atoms with Crippen molar-refractivity contribution in [1.29, 1.82) is 0 Å². The molecule has 1 aromatic carbocycles. The van der Waals surface area contributed by atoms with Crippen LogP contribution >= 0.6 is 11.6 Å². The van der Waals surface area contributed by atoms with Gasteiger partial charge in [0.25, 0.3) is 5.91 Å². The number of piperidine rings is 1. The summed E-state index contributed by atoms with van der Waals surface area (Å²) in [5.74, 6) is 0.0723. The number of carbonyl (C=O) groups excluding carboxylic acids is 1. The van der Waals surface area contributed by atoms with E-state index in [2.05, 4.69) is 17.4 Å². The van der Waals surface area contributed by atoms with Crippen LogP contribution in [0.25, 0.3) is 0 Å². The summed E-state index contributed by atoms with van der Waals surface area (Å²) in [6.45, 7) is 1.59. The zero-order chi connectivity index (χ0) is 16.5. The van der Waals surface area contributed by atoms with Crippen LogP contribution in [-0.2, 0) is 6.42 Å². The number of rotatable bonds is 3. The highest BCUT2D eigenvalue weighted by molar-refractivity contribution is 6.30. The van der Waals surface area contributed by atoms with Crippen LogP contribution in [0.4, 0.5) is 0 Å². The molecule has 2 heterocycles. The third kappa shape index (κ3) is 3.08. The number of furan rings is 1. The Balaban J connectivity index is 1.34. The summed E-state index contributed by atoms with van der Waals surface area (Å²) in [5, 5.41) is 4.61. The quantitative estimate of drug-likeness (QED) is 0.920. The van der Waals surface area contributed by atoms with Gasteiger partial charge in [-0.3, -0.25) is 4.79 Å². The van der Waals surface area contributed by atoms with Gasteiger partial charge < -0.3 is 14.6 Å². The van der Waals surface area contributed by atoms with Gasteiger partial charge in [-0.2, -0.15) is 0 Å². The fourth-order valence-corrected chi connectivity index (χ4v) is 4.06. The zero-order valence-corrected chi connectivity index (χ0v) is 14.3. The molecule has 1 N–H and O–H groups in total. The van der Waals surface area contributed by atoms with E-state index >= 15 is 0 Å². The monoisotopic (exact) mass is 344 g/mol. The van der Waals surface area contributed by atoms with E-state index in [1.165, 1.54) is 17.4 Å². The molecule has 2 aliphatic rings. The smallest absolute Gasteiger partial charge is 0.257 e. The Hall–Kier alpha value is -1.78. The second-order valence-corrected chi connectivity index (χ2v) is 7.12. The number of fused-ring (bicyclic) bond motifs is 1. The van der Waals surface area contributed by atoms with Crippen LogP contribution in [0, 0.1) is 0 Å². The van der Waals surface area contributed by atoms with Crippen LogP contribution in [0.2, 0.25) is 5.02 Å². The number of amides is 1.